The zero-order valence-electron chi connectivity index (χ0n) is 11.0. The summed E-state index contributed by atoms with van der Waals surface area (Å²) in [5.41, 5.74) is 0. The van der Waals surface area contributed by atoms with Crippen molar-refractivity contribution < 1.29 is 22.4 Å². The van der Waals surface area contributed by atoms with E-state index in [9.17, 15) is 13.2 Å². The van der Waals surface area contributed by atoms with Crippen LogP contribution in [0.1, 0.15) is 43.2 Å². The number of hydrogen-bond acceptors (Lipinski definition) is 5. The number of sulfonamides is 1. The second-order valence-corrected chi connectivity index (χ2v) is 7.33. The van der Waals surface area contributed by atoms with E-state index < -0.39 is 16.0 Å². The van der Waals surface area contributed by atoms with Crippen LogP contribution in [0.3, 0.4) is 0 Å². The fourth-order valence-electron chi connectivity index (χ4n) is 2.20. The van der Waals surface area contributed by atoms with Gasteiger partial charge in [0.2, 0.25) is 15.8 Å². The summed E-state index contributed by atoms with van der Waals surface area (Å²) in [5.74, 6) is -0.184. The number of rotatable bonds is 3. The van der Waals surface area contributed by atoms with Crippen LogP contribution in [-0.2, 0) is 14.8 Å². The van der Waals surface area contributed by atoms with Gasteiger partial charge in [0.05, 0.1) is 0 Å². The molecule has 0 aliphatic heterocycles. The van der Waals surface area contributed by atoms with Crippen LogP contribution in [0.4, 0.5) is 0 Å². The molecule has 1 fully saturated rings. The lowest BCUT2D eigenvalue weighted by Crippen LogP contribution is -2.23. The summed E-state index contributed by atoms with van der Waals surface area (Å²) in [6.45, 7) is 2.17. The van der Waals surface area contributed by atoms with Crippen molar-refractivity contribution in [3.63, 3.8) is 0 Å². The van der Waals surface area contributed by atoms with E-state index in [2.05, 4.69) is 22.9 Å². The van der Waals surface area contributed by atoms with Crippen molar-refractivity contribution in [2.24, 2.45) is 11.1 Å². The predicted octanol–water partition coefficient (Wildman–Crippen LogP) is 2.43. The molecule has 6 nitrogen and oxygen atoms in total. The number of halogens is 1. The molecule has 1 aromatic heterocycles. The summed E-state index contributed by atoms with van der Waals surface area (Å²) in [6.07, 6.45) is 3.53. The molecule has 1 saturated carbocycles. The lowest BCUT2D eigenvalue weighted by molar-refractivity contribution is 0.0139. The minimum atomic E-state index is -3.93. The average Bonchev–Trinajstić information content (AvgIpc) is 2.74. The first kappa shape index (κ1) is 15.5. The first-order valence-corrected chi connectivity index (χ1v) is 8.64. The Bertz CT molecular complexity index is 601. The van der Waals surface area contributed by atoms with E-state index in [0.717, 1.165) is 31.7 Å². The summed E-state index contributed by atoms with van der Waals surface area (Å²) in [7, 11) is -3.93. The molecule has 0 bridgehead atoms. The lowest BCUT2D eigenvalue weighted by Gasteiger charge is -2.25. The van der Waals surface area contributed by atoms with Gasteiger partial charge in [0, 0.05) is 6.07 Å². The predicted molar refractivity (Wildman–Crippen MR) is 74.6 cm³/mol. The minimum absolute atomic E-state index is 0.0933. The SMILES string of the molecule is CC1CCC(OC(=O)c2cc(S(N)(=O)=O)c(Br)o2)CC1. The fourth-order valence-corrected chi connectivity index (χ4v) is 3.71. The summed E-state index contributed by atoms with van der Waals surface area (Å²) in [4.78, 5) is 11.7. The van der Waals surface area contributed by atoms with Gasteiger partial charge in [-0.2, -0.15) is 0 Å². The molecular weight excluding hydrogens is 350 g/mol. The van der Waals surface area contributed by atoms with Crippen LogP contribution >= 0.6 is 15.9 Å². The van der Waals surface area contributed by atoms with E-state index in [1.165, 1.54) is 0 Å². The minimum Gasteiger partial charge on any atom is -0.457 e. The molecule has 1 aromatic rings. The highest BCUT2D eigenvalue weighted by Crippen LogP contribution is 2.28. The van der Waals surface area contributed by atoms with Crippen molar-refractivity contribution in [2.45, 2.75) is 43.6 Å². The second kappa shape index (κ2) is 5.87. The molecule has 0 saturated heterocycles. The van der Waals surface area contributed by atoms with Gasteiger partial charge in [0.15, 0.2) is 4.67 Å². The van der Waals surface area contributed by atoms with Gasteiger partial charge in [-0.3, -0.25) is 0 Å². The molecule has 1 heterocycles. The van der Waals surface area contributed by atoms with E-state index in [4.69, 9.17) is 14.3 Å². The van der Waals surface area contributed by atoms with Gasteiger partial charge in [0.25, 0.3) is 0 Å². The van der Waals surface area contributed by atoms with Crippen molar-refractivity contribution in [1.82, 2.24) is 0 Å². The quantitative estimate of drug-likeness (QED) is 0.829. The Morgan fingerprint density at radius 1 is 1.40 bits per heavy atom. The summed E-state index contributed by atoms with van der Waals surface area (Å²) in [6, 6.07) is 1.08. The smallest absolute Gasteiger partial charge is 0.374 e. The first-order chi connectivity index (χ1) is 9.27. The maximum absolute atomic E-state index is 11.9. The first-order valence-electron chi connectivity index (χ1n) is 6.30. The summed E-state index contributed by atoms with van der Waals surface area (Å²) < 4.78 is 32.8. The highest BCUT2D eigenvalue weighted by atomic mass is 79.9. The van der Waals surface area contributed by atoms with Crippen molar-refractivity contribution >= 4 is 31.9 Å². The van der Waals surface area contributed by atoms with E-state index in [1.807, 2.05) is 0 Å². The monoisotopic (exact) mass is 365 g/mol. The molecule has 0 unspecified atom stereocenters. The van der Waals surface area contributed by atoms with Crippen LogP contribution in [0.25, 0.3) is 0 Å². The van der Waals surface area contributed by atoms with Gasteiger partial charge in [0.1, 0.15) is 11.0 Å². The molecular formula is C12H16BrNO5S. The highest BCUT2D eigenvalue weighted by molar-refractivity contribution is 9.10. The van der Waals surface area contributed by atoms with Crippen molar-refractivity contribution in [1.29, 1.82) is 0 Å². The van der Waals surface area contributed by atoms with Crippen molar-refractivity contribution in [3.8, 4) is 0 Å². The molecule has 112 valence electrons. The van der Waals surface area contributed by atoms with Gasteiger partial charge in [-0.1, -0.05) is 6.92 Å². The van der Waals surface area contributed by atoms with Gasteiger partial charge in [-0.05, 0) is 47.5 Å². The Hall–Kier alpha value is -0.860. The molecule has 0 spiro atoms. The lowest BCUT2D eigenvalue weighted by atomic mass is 9.89. The van der Waals surface area contributed by atoms with E-state index in [1.54, 1.807) is 0 Å². The number of esters is 1. The Balaban J connectivity index is 2.07. The number of carbonyl (C=O) groups is 1. The molecule has 2 rings (SSSR count). The maximum atomic E-state index is 11.9. The van der Waals surface area contributed by atoms with E-state index >= 15 is 0 Å². The number of nitrogens with two attached hydrogens (primary N) is 1. The molecule has 20 heavy (non-hydrogen) atoms. The second-order valence-electron chi connectivity index (χ2n) is 5.08. The fraction of sp³-hybridized carbons (Fsp3) is 0.583. The Labute approximate surface area is 125 Å². The third-order valence-electron chi connectivity index (χ3n) is 3.40. The standard InChI is InChI=1S/C12H16BrNO5S/c1-7-2-4-8(5-3-7)18-12(15)9-6-10(11(13)19-9)20(14,16)17/h6-8H,2-5H2,1H3,(H2,14,16,17). The molecule has 0 amide bonds. The molecule has 0 radical (unpaired) electrons. The Morgan fingerprint density at radius 3 is 2.50 bits per heavy atom. The van der Waals surface area contributed by atoms with Crippen LogP contribution < -0.4 is 5.14 Å². The highest BCUT2D eigenvalue weighted by Gasteiger charge is 2.26. The van der Waals surface area contributed by atoms with Gasteiger partial charge >= 0.3 is 5.97 Å². The molecule has 1 aliphatic rings. The number of ether oxygens (including phenoxy) is 1. The topological polar surface area (TPSA) is 99.6 Å². The zero-order valence-corrected chi connectivity index (χ0v) is 13.4. The molecule has 8 heteroatoms. The van der Waals surface area contributed by atoms with E-state index in [0.29, 0.717) is 5.92 Å². The number of hydrogen-bond donors (Lipinski definition) is 1. The third-order valence-corrected chi connectivity index (χ3v) is 5.17. The molecule has 1 aliphatic carbocycles. The normalized spacial score (nSPS) is 23.6. The van der Waals surface area contributed by atoms with Crippen LogP contribution in [0.15, 0.2) is 20.0 Å². The molecule has 0 atom stereocenters. The Kier molecular flexibility index (Phi) is 4.55. The van der Waals surface area contributed by atoms with Gasteiger partial charge in [-0.15, -0.1) is 0 Å². The maximum Gasteiger partial charge on any atom is 0.374 e. The van der Waals surface area contributed by atoms with E-state index in [-0.39, 0.29) is 21.4 Å². The van der Waals surface area contributed by atoms with Crippen LogP contribution in [-0.4, -0.2) is 20.5 Å². The number of carbonyl (C=O) groups excluding carboxylic acids is 1. The summed E-state index contributed by atoms with van der Waals surface area (Å²) >= 11 is 2.92. The van der Waals surface area contributed by atoms with Crippen molar-refractivity contribution in [2.75, 3.05) is 0 Å². The van der Waals surface area contributed by atoms with Gasteiger partial charge in [-0.25, -0.2) is 18.4 Å². The van der Waals surface area contributed by atoms with Crippen LogP contribution in [0, 0.1) is 5.92 Å². The third kappa shape index (κ3) is 3.62. The largest absolute Gasteiger partial charge is 0.457 e. The molecule has 0 aromatic carbocycles. The zero-order chi connectivity index (χ0) is 14.9. The van der Waals surface area contributed by atoms with Gasteiger partial charge < -0.3 is 9.15 Å². The van der Waals surface area contributed by atoms with Crippen LogP contribution in [0.5, 0.6) is 0 Å². The van der Waals surface area contributed by atoms with Crippen molar-refractivity contribution in [3.05, 3.63) is 16.5 Å². The summed E-state index contributed by atoms with van der Waals surface area (Å²) in [5, 5.41) is 5.00. The molecule has 2 N–H and O–H groups in total. The average molecular weight is 366 g/mol. The van der Waals surface area contributed by atoms with Crippen LogP contribution in [0.2, 0.25) is 0 Å². The number of furan rings is 1. The number of primary sulfonamides is 1. The Morgan fingerprint density at radius 2 is 2.00 bits per heavy atom.